The van der Waals surface area contributed by atoms with Crippen molar-refractivity contribution in [2.45, 2.75) is 0 Å². The maximum atomic E-state index is 10.6. The van der Waals surface area contributed by atoms with Crippen LogP contribution in [0.1, 0.15) is 0 Å². The minimum Gasteiger partial charge on any atom is -0.343 e. The number of rotatable bonds is 3. The minimum atomic E-state index is -0.416. The van der Waals surface area contributed by atoms with Gasteiger partial charge >= 0.3 is 0 Å². The lowest BCUT2D eigenvalue weighted by molar-refractivity contribution is -0.384. The van der Waals surface area contributed by atoms with Gasteiger partial charge in [0.1, 0.15) is 5.01 Å². The third-order valence-electron chi connectivity index (χ3n) is 2.61. The Morgan fingerprint density at radius 2 is 2.05 bits per heavy atom. The number of hydrogen-bond donors (Lipinski definition) is 1. The number of aromatic amines is 1. The molecule has 0 spiro atoms. The molecule has 2 aromatic heterocycles. The number of H-pyrrole nitrogens is 1. The summed E-state index contributed by atoms with van der Waals surface area (Å²) in [7, 11) is 0. The summed E-state index contributed by atoms with van der Waals surface area (Å²) in [6.45, 7) is 0. The molecule has 0 atom stereocenters. The molecule has 3 aromatic rings. The van der Waals surface area contributed by atoms with E-state index in [1.54, 1.807) is 24.7 Å². The van der Waals surface area contributed by atoms with Crippen LogP contribution in [0, 0.1) is 10.1 Å². The average Bonchev–Trinajstić information content (AvgIpc) is 3.10. The fourth-order valence-electron chi connectivity index (χ4n) is 1.66. The van der Waals surface area contributed by atoms with Gasteiger partial charge in [-0.25, -0.2) is 9.97 Å². The van der Waals surface area contributed by atoms with E-state index >= 15 is 0 Å². The molecule has 0 bridgehead atoms. The van der Waals surface area contributed by atoms with Gasteiger partial charge in [0.2, 0.25) is 0 Å². The van der Waals surface area contributed by atoms with Crippen LogP contribution in [0.15, 0.2) is 42.2 Å². The fraction of sp³-hybridized carbons (Fsp3) is 0. The summed E-state index contributed by atoms with van der Waals surface area (Å²) in [6.07, 6.45) is 3.31. The van der Waals surface area contributed by atoms with Crippen molar-refractivity contribution < 1.29 is 4.92 Å². The van der Waals surface area contributed by atoms with Crippen LogP contribution in [0.5, 0.6) is 0 Å². The molecule has 0 aliphatic heterocycles. The first-order chi connectivity index (χ1) is 9.24. The lowest BCUT2D eigenvalue weighted by atomic mass is 10.1. The monoisotopic (exact) mass is 272 g/mol. The number of imidazole rings is 1. The number of nitro benzene ring substituents is 1. The van der Waals surface area contributed by atoms with E-state index in [4.69, 9.17) is 0 Å². The summed E-state index contributed by atoms with van der Waals surface area (Å²) in [6, 6.07) is 6.35. The molecular formula is C12H8N4O2S. The predicted molar refractivity (Wildman–Crippen MR) is 71.8 cm³/mol. The molecule has 19 heavy (non-hydrogen) atoms. The van der Waals surface area contributed by atoms with Gasteiger partial charge in [-0.15, -0.1) is 11.3 Å². The Balaban J connectivity index is 1.92. The number of nitrogens with zero attached hydrogens (tertiary/aromatic N) is 3. The molecule has 0 fully saturated rings. The van der Waals surface area contributed by atoms with E-state index in [1.165, 1.54) is 23.5 Å². The number of hydrogen-bond acceptors (Lipinski definition) is 5. The van der Waals surface area contributed by atoms with Gasteiger partial charge in [0, 0.05) is 23.1 Å². The lowest BCUT2D eigenvalue weighted by Gasteiger charge is -1.96. The Hall–Kier alpha value is -2.54. The smallest absolute Gasteiger partial charge is 0.269 e. The maximum absolute atomic E-state index is 10.6. The highest BCUT2D eigenvalue weighted by atomic mass is 32.1. The largest absolute Gasteiger partial charge is 0.343 e. The van der Waals surface area contributed by atoms with Crippen LogP contribution in [0.2, 0.25) is 0 Å². The van der Waals surface area contributed by atoms with Gasteiger partial charge in [0.05, 0.1) is 28.8 Å². The topological polar surface area (TPSA) is 84.7 Å². The van der Waals surface area contributed by atoms with Crippen molar-refractivity contribution in [3.8, 4) is 22.0 Å². The van der Waals surface area contributed by atoms with E-state index in [0.29, 0.717) is 0 Å². The third kappa shape index (κ3) is 2.23. The molecule has 0 aliphatic rings. The van der Waals surface area contributed by atoms with Gasteiger partial charge in [0.25, 0.3) is 5.69 Å². The molecule has 0 radical (unpaired) electrons. The van der Waals surface area contributed by atoms with E-state index in [-0.39, 0.29) is 5.69 Å². The molecule has 3 rings (SSSR count). The van der Waals surface area contributed by atoms with Crippen LogP contribution in [-0.4, -0.2) is 19.9 Å². The second-order valence-corrected chi connectivity index (χ2v) is 4.67. The Morgan fingerprint density at radius 1 is 1.26 bits per heavy atom. The van der Waals surface area contributed by atoms with Crippen molar-refractivity contribution in [1.29, 1.82) is 0 Å². The zero-order chi connectivity index (χ0) is 13.2. The zero-order valence-corrected chi connectivity index (χ0v) is 10.4. The fourth-order valence-corrected chi connectivity index (χ4v) is 2.46. The summed E-state index contributed by atoms with van der Waals surface area (Å²) in [5, 5.41) is 13.3. The molecule has 0 saturated carbocycles. The Bertz CT molecular complexity index is 704. The van der Waals surface area contributed by atoms with E-state index in [0.717, 1.165) is 22.0 Å². The molecule has 7 heteroatoms. The first kappa shape index (κ1) is 11.5. The van der Waals surface area contributed by atoms with Crippen molar-refractivity contribution in [1.82, 2.24) is 15.0 Å². The third-order valence-corrected chi connectivity index (χ3v) is 3.48. The number of non-ortho nitro benzene ring substituents is 1. The Kier molecular flexibility index (Phi) is 2.81. The van der Waals surface area contributed by atoms with Gasteiger partial charge in [0.15, 0.2) is 0 Å². The van der Waals surface area contributed by atoms with Crippen LogP contribution in [0.3, 0.4) is 0 Å². The molecule has 0 saturated heterocycles. The molecule has 2 heterocycles. The van der Waals surface area contributed by atoms with Crippen LogP contribution in [0.4, 0.5) is 5.69 Å². The number of benzene rings is 1. The van der Waals surface area contributed by atoms with Gasteiger partial charge in [-0.05, 0) is 12.1 Å². The van der Waals surface area contributed by atoms with Crippen molar-refractivity contribution in [3.05, 3.63) is 52.3 Å². The zero-order valence-electron chi connectivity index (χ0n) is 9.61. The summed E-state index contributed by atoms with van der Waals surface area (Å²) < 4.78 is 0. The van der Waals surface area contributed by atoms with Gasteiger partial charge in [-0.1, -0.05) is 0 Å². The molecule has 1 aromatic carbocycles. The molecule has 0 aliphatic carbocycles. The maximum Gasteiger partial charge on any atom is 0.269 e. The van der Waals surface area contributed by atoms with Crippen LogP contribution < -0.4 is 0 Å². The summed E-state index contributed by atoms with van der Waals surface area (Å²) in [5.41, 5.74) is 2.59. The summed E-state index contributed by atoms with van der Waals surface area (Å²) in [5.74, 6) is 0. The number of aromatic nitrogens is 3. The van der Waals surface area contributed by atoms with Crippen molar-refractivity contribution in [2.75, 3.05) is 0 Å². The number of nitrogens with one attached hydrogen (secondary N) is 1. The van der Waals surface area contributed by atoms with Crippen molar-refractivity contribution in [2.24, 2.45) is 0 Å². The highest BCUT2D eigenvalue weighted by Crippen LogP contribution is 2.28. The Morgan fingerprint density at radius 3 is 2.68 bits per heavy atom. The van der Waals surface area contributed by atoms with Crippen LogP contribution in [-0.2, 0) is 0 Å². The van der Waals surface area contributed by atoms with E-state index < -0.39 is 4.92 Å². The van der Waals surface area contributed by atoms with E-state index in [9.17, 15) is 10.1 Å². The quantitative estimate of drug-likeness (QED) is 0.586. The average molecular weight is 272 g/mol. The van der Waals surface area contributed by atoms with Gasteiger partial charge in [-0.2, -0.15) is 0 Å². The molecule has 0 amide bonds. The van der Waals surface area contributed by atoms with E-state index in [2.05, 4.69) is 15.0 Å². The van der Waals surface area contributed by atoms with E-state index in [1.807, 2.05) is 5.38 Å². The number of thiazole rings is 1. The highest BCUT2D eigenvalue weighted by Gasteiger charge is 2.09. The van der Waals surface area contributed by atoms with Crippen molar-refractivity contribution in [3.63, 3.8) is 0 Å². The standard InChI is InChI=1S/C12H8N4O2S/c17-16(18)9-3-1-8(2-4-9)11-6-19-12(15-11)10-5-13-7-14-10/h1-7H,(H,13,14). The lowest BCUT2D eigenvalue weighted by Crippen LogP contribution is -1.87. The molecular weight excluding hydrogens is 264 g/mol. The second kappa shape index (κ2) is 4.62. The van der Waals surface area contributed by atoms with Gasteiger partial charge < -0.3 is 4.98 Å². The second-order valence-electron chi connectivity index (χ2n) is 3.81. The summed E-state index contributed by atoms with van der Waals surface area (Å²) >= 11 is 1.50. The van der Waals surface area contributed by atoms with Gasteiger partial charge in [-0.3, -0.25) is 10.1 Å². The molecule has 1 N–H and O–H groups in total. The SMILES string of the molecule is O=[N+]([O-])c1ccc(-c2csc(-c3cnc[nH]3)n2)cc1. The number of nitro groups is 1. The van der Waals surface area contributed by atoms with Crippen LogP contribution >= 0.6 is 11.3 Å². The van der Waals surface area contributed by atoms with Crippen LogP contribution in [0.25, 0.3) is 22.0 Å². The molecule has 0 unspecified atom stereocenters. The first-order valence-corrected chi connectivity index (χ1v) is 6.31. The summed E-state index contributed by atoms with van der Waals surface area (Å²) in [4.78, 5) is 21.6. The molecule has 6 nitrogen and oxygen atoms in total. The Labute approximate surface area is 111 Å². The highest BCUT2D eigenvalue weighted by molar-refractivity contribution is 7.13. The minimum absolute atomic E-state index is 0.0766. The molecule has 94 valence electrons. The predicted octanol–water partition coefficient (Wildman–Crippen LogP) is 3.11. The normalized spacial score (nSPS) is 10.5. The van der Waals surface area contributed by atoms with Crippen molar-refractivity contribution >= 4 is 17.0 Å². The first-order valence-electron chi connectivity index (χ1n) is 5.43.